The zero-order valence-electron chi connectivity index (χ0n) is 11.2. The topological polar surface area (TPSA) is 48.4 Å². The first-order chi connectivity index (χ1) is 9.70. The molecule has 0 amide bonds. The molecule has 0 aliphatic carbocycles. The number of carbonyl (C=O) groups excluding carboxylic acids is 1. The molecule has 0 unspecified atom stereocenters. The summed E-state index contributed by atoms with van der Waals surface area (Å²) in [5.74, 6) is 1.50. The van der Waals surface area contributed by atoms with Gasteiger partial charge in [-0.25, -0.2) is 0 Å². The van der Waals surface area contributed by atoms with Gasteiger partial charge in [0.1, 0.15) is 11.5 Å². The Morgan fingerprint density at radius 3 is 2.65 bits per heavy atom. The fourth-order valence-electron chi connectivity index (χ4n) is 2.20. The molecule has 4 heteroatoms. The molecule has 2 aromatic rings. The molecule has 1 aliphatic rings. The van der Waals surface area contributed by atoms with Crippen molar-refractivity contribution < 1.29 is 14.3 Å². The third kappa shape index (κ3) is 1.95. The molecule has 0 atom stereocenters. The van der Waals surface area contributed by atoms with Gasteiger partial charge in [-0.05, 0) is 42.8 Å². The van der Waals surface area contributed by atoms with Crippen molar-refractivity contribution in [2.75, 3.05) is 7.11 Å². The highest BCUT2D eigenvalue weighted by Gasteiger charge is 2.29. The first-order valence-electron chi connectivity index (χ1n) is 6.22. The molecule has 0 bridgehead atoms. The van der Waals surface area contributed by atoms with E-state index < -0.39 is 0 Å². The van der Waals surface area contributed by atoms with Crippen LogP contribution in [-0.2, 0) is 0 Å². The minimum Gasteiger partial charge on any atom is -0.496 e. The SMILES string of the molecule is COc1ccc2c(c1C)O/C(=C\c1ccncc1)C2=O. The van der Waals surface area contributed by atoms with E-state index in [1.165, 1.54) is 0 Å². The van der Waals surface area contributed by atoms with Crippen LogP contribution < -0.4 is 9.47 Å². The molecular weight excluding hydrogens is 254 g/mol. The molecule has 0 spiro atoms. The van der Waals surface area contributed by atoms with Crippen molar-refractivity contribution >= 4 is 11.9 Å². The summed E-state index contributed by atoms with van der Waals surface area (Å²) < 4.78 is 10.9. The second-order valence-corrected chi connectivity index (χ2v) is 4.49. The molecule has 20 heavy (non-hydrogen) atoms. The summed E-state index contributed by atoms with van der Waals surface area (Å²) in [5, 5.41) is 0. The zero-order chi connectivity index (χ0) is 14.1. The largest absolute Gasteiger partial charge is 0.496 e. The molecule has 0 radical (unpaired) electrons. The van der Waals surface area contributed by atoms with Gasteiger partial charge < -0.3 is 9.47 Å². The average molecular weight is 267 g/mol. The van der Waals surface area contributed by atoms with Gasteiger partial charge in [0, 0.05) is 18.0 Å². The van der Waals surface area contributed by atoms with Gasteiger partial charge in [0.2, 0.25) is 5.78 Å². The Hall–Kier alpha value is -2.62. The number of aromatic nitrogens is 1. The number of carbonyl (C=O) groups is 1. The standard InChI is InChI=1S/C16H13NO3/c1-10-13(19-2)4-3-12-15(18)14(20-16(10)12)9-11-5-7-17-8-6-11/h3-9H,1-2H3/b14-9-. The highest BCUT2D eigenvalue weighted by atomic mass is 16.5. The molecule has 0 saturated carbocycles. The van der Waals surface area contributed by atoms with Crippen LogP contribution in [0.4, 0.5) is 0 Å². The van der Waals surface area contributed by atoms with E-state index in [0.717, 1.165) is 11.1 Å². The van der Waals surface area contributed by atoms with Gasteiger partial charge in [-0.2, -0.15) is 0 Å². The monoisotopic (exact) mass is 267 g/mol. The van der Waals surface area contributed by atoms with E-state index >= 15 is 0 Å². The van der Waals surface area contributed by atoms with Crippen LogP contribution in [0.3, 0.4) is 0 Å². The Balaban J connectivity index is 2.03. The Labute approximate surface area is 116 Å². The van der Waals surface area contributed by atoms with E-state index in [-0.39, 0.29) is 5.78 Å². The highest BCUT2D eigenvalue weighted by Crippen LogP contribution is 2.38. The number of methoxy groups -OCH3 is 1. The van der Waals surface area contributed by atoms with E-state index in [9.17, 15) is 4.79 Å². The van der Waals surface area contributed by atoms with Gasteiger partial charge in [0.25, 0.3) is 0 Å². The molecule has 4 nitrogen and oxygen atoms in total. The summed E-state index contributed by atoms with van der Waals surface area (Å²) >= 11 is 0. The van der Waals surface area contributed by atoms with Gasteiger partial charge in [-0.1, -0.05) is 0 Å². The van der Waals surface area contributed by atoms with Crippen molar-refractivity contribution in [3.8, 4) is 11.5 Å². The minimum atomic E-state index is -0.109. The molecule has 100 valence electrons. The van der Waals surface area contributed by atoms with Crippen LogP contribution >= 0.6 is 0 Å². The lowest BCUT2D eigenvalue weighted by Gasteiger charge is -2.07. The molecule has 1 aromatic carbocycles. The van der Waals surface area contributed by atoms with Crippen LogP contribution in [0.25, 0.3) is 6.08 Å². The van der Waals surface area contributed by atoms with Crippen LogP contribution in [-0.4, -0.2) is 17.9 Å². The molecule has 0 fully saturated rings. The van der Waals surface area contributed by atoms with E-state index in [2.05, 4.69) is 4.98 Å². The third-order valence-corrected chi connectivity index (χ3v) is 3.26. The van der Waals surface area contributed by atoms with Gasteiger partial charge in [0.15, 0.2) is 5.76 Å². The number of benzene rings is 1. The Bertz CT molecular complexity index is 705. The van der Waals surface area contributed by atoms with Crippen LogP contribution in [0.1, 0.15) is 21.5 Å². The molecule has 0 saturated heterocycles. The fraction of sp³-hybridized carbons (Fsp3) is 0.125. The maximum atomic E-state index is 12.3. The summed E-state index contributed by atoms with van der Waals surface area (Å²) in [6, 6.07) is 7.15. The first-order valence-corrected chi connectivity index (χ1v) is 6.22. The second kappa shape index (κ2) is 4.81. The molecular formula is C16H13NO3. The highest BCUT2D eigenvalue weighted by molar-refractivity contribution is 6.14. The van der Waals surface area contributed by atoms with Crippen LogP contribution in [0.15, 0.2) is 42.4 Å². The lowest BCUT2D eigenvalue weighted by molar-refractivity contribution is 0.101. The van der Waals surface area contributed by atoms with Gasteiger partial charge in [-0.3, -0.25) is 9.78 Å². The number of ether oxygens (including phenoxy) is 2. The normalized spacial score (nSPS) is 15.1. The quantitative estimate of drug-likeness (QED) is 0.785. The van der Waals surface area contributed by atoms with Crippen LogP contribution in [0, 0.1) is 6.92 Å². The predicted molar refractivity (Wildman–Crippen MR) is 74.9 cm³/mol. The first kappa shape index (κ1) is 12.4. The lowest BCUT2D eigenvalue weighted by Crippen LogP contribution is -1.97. The maximum Gasteiger partial charge on any atom is 0.231 e. The summed E-state index contributed by atoms with van der Waals surface area (Å²) in [6.07, 6.45) is 5.07. The Kier molecular flexibility index (Phi) is 2.99. The molecule has 1 aromatic heterocycles. The van der Waals surface area contributed by atoms with E-state index in [1.807, 2.05) is 19.1 Å². The van der Waals surface area contributed by atoms with Crippen LogP contribution in [0.5, 0.6) is 11.5 Å². The number of hydrogen-bond donors (Lipinski definition) is 0. The second-order valence-electron chi connectivity index (χ2n) is 4.49. The van der Waals surface area contributed by atoms with E-state index in [0.29, 0.717) is 22.8 Å². The van der Waals surface area contributed by atoms with Crippen molar-refractivity contribution in [2.24, 2.45) is 0 Å². The van der Waals surface area contributed by atoms with Crippen molar-refractivity contribution in [2.45, 2.75) is 6.92 Å². The number of rotatable bonds is 2. The summed E-state index contributed by atoms with van der Waals surface area (Å²) in [4.78, 5) is 16.2. The number of hydrogen-bond acceptors (Lipinski definition) is 4. The number of nitrogens with zero attached hydrogens (tertiary/aromatic N) is 1. The number of fused-ring (bicyclic) bond motifs is 1. The van der Waals surface area contributed by atoms with Gasteiger partial charge in [0.05, 0.1) is 12.7 Å². The van der Waals surface area contributed by atoms with Crippen molar-refractivity contribution in [3.05, 3.63) is 59.1 Å². The molecule has 3 rings (SSSR count). The Morgan fingerprint density at radius 1 is 1.20 bits per heavy atom. The zero-order valence-corrected chi connectivity index (χ0v) is 11.2. The number of pyridine rings is 1. The van der Waals surface area contributed by atoms with Crippen molar-refractivity contribution in [3.63, 3.8) is 0 Å². The predicted octanol–water partition coefficient (Wildman–Crippen LogP) is 3.01. The third-order valence-electron chi connectivity index (χ3n) is 3.26. The van der Waals surface area contributed by atoms with Crippen LogP contribution in [0.2, 0.25) is 0 Å². The molecule has 0 N–H and O–H groups in total. The smallest absolute Gasteiger partial charge is 0.231 e. The van der Waals surface area contributed by atoms with E-state index in [1.54, 1.807) is 37.7 Å². The fourth-order valence-corrected chi connectivity index (χ4v) is 2.20. The molecule has 2 heterocycles. The van der Waals surface area contributed by atoms with E-state index in [4.69, 9.17) is 9.47 Å². The number of Topliss-reactive ketones (excluding diaryl/α,β-unsaturated/α-hetero) is 1. The molecule has 1 aliphatic heterocycles. The number of ketones is 1. The van der Waals surface area contributed by atoms with Gasteiger partial charge in [-0.15, -0.1) is 0 Å². The average Bonchev–Trinajstić information content (AvgIpc) is 2.79. The summed E-state index contributed by atoms with van der Waals surface area (Å²) in [7, 11) is 1.60. The maximum absolute atomic E-state index is 12.3. The number of allylic oxidation sites excluding steroid dienone is 1. The van der Waals surface area contributed by atoms with Crippen molar-refractivity contribution in [1.82, 2.24) is 4.98 Å². The minimum absolute atomic E-state index is 0.109. The van der Waals surface area contributed by atoms with Crippen molar-refractivity contribution in [1.29, 1.82) is 0 Å². The lowest BCUT2D eigenvalue weighted by atomic mass is 10.1. The Morgan fingerprint density at radius 2 is 1.95 bits per heavy atom. The summed E-state index contributed by atoms with van der Waals surface area (Å²) in [6.45, 7) is 1.88. The van der Waals surface area contributed by atoms with Gasteiger partial charge >= 0.3 is 0 Å². The summed E-state index contributed by atoms with van der Waals surface area (Å²) in [5.41, 5.74) is 2.28.